The molecule has 0 aromatic heterocycles. The molecule has 0 aliphatic heterocycles. The minimum Gasteiger partial charge on any atom is -0.366 e. The van der Waals surface area contributed by atoms with E-state index in [0.717, 1.165) is 0 Å². The normalized spacial score (nSPS) is 11.1. The lowest BCUT2D eigenvalue weighted by Crippen LogP contribution is -2.15. The van der Waals surface area contributed by atoms with E-state index in [1.807, 2.05) is 0 Å². The van der Waals surface area contributed by atoms with E-state index in [4.69, 9.17) is 5.73 Å². The number of hydrogen-bond donors (Lipinski definition) is 2. The number of primary amides is 1. The molecule has 21 heavy (non-hydrogen) atoms. The van der Waals surface area contributed by atoms with Gasteiger partial charge in [-0.05, 0) is 52.3 Å². The van der Waals surface area contributed by atoms with Crippen molar-refractivity contribution in [3.8, 4) is 0 Å². The van der Waals surface area contributed by atoms with Crippen molar-refractivity contribution in [1.82, 2.24) is 0 Å². The van der Waals surface area contributed by atoms with Crippen molar-refractivity contribution in [2.24, 2.45) is 5.73 Å². The molecule has 8 heteroatoms. The number of rotatable bonds is 4. The first-order chi connectivity index (χ1) is 9.79. The average molecular weight is 434 g/mol. The molecule has 2 aromatic rings. The van der Waals surface area contributed by atoms with Crippen molar-refractivity contribution in [3.63, 3.8) is 0 Å². The topological polar surface area (TPSA) is 89.3 Å². The van der Waals surface area contributed by atoms with Crippen LogP contribution in [0.1, 0.15) is 10.4 Å². The summed E-state index contributed by atoms with van der Waals surface area (Å²) in [5, 5.41) is 0. The Balaban J connectivity index is 2.40. The molecule has 0 atom stereocenters. The summed E-state index contributed by atoms with van der Waals surface area (Å²) >= 11 is 6.43. The van der Waals surface area contributed by atoms with Crippen LogP contribution < -0.4 is 10.5 Å². The van der Waals surface area contributed by atoms with E-state index in [0.29, 0.717) is 8.95 Å². The molecule has 3 N–H and O–H groups in total. The summed E-state index contributed by atoms with van der Waals surface area (Å²) in [7, 11) is -3.79. The van der Waals surface area contributed by atoms with E-state index in [1.54, 1.807) is 18.2 Å². The highest BCUT2D eigenvalue weighted by atomic mass is 79.9. The average Bonchev–Trinajstić information content (AvgIpc) is 2.41. The number of benzene rings is 2. The Hall–Kier alpha value is -1.38. The first-order valence-electron chi connectivity index (χ1n) is 5.67. The monoisotopic (exact) mass is 432 g/mol. The number of carbonyl (C=O) groups is 1. The van der Waals surface area contributed by atoms with Crippen molar-refractivity contribution >= 4 is 53.5 Å². The van der Waals surface area contributed by atoms with Crippen LogP contribution in [0, 0.1) is 0 Å². The molecule has 0 aliphatic rings. The maximum atomic E-state index is 12.4. The van der Waals surface area contributed by atoms with Gasteiger partial charge in [-0.1, -0.05) is 22.0 Å². The summed E-state index contributed by atoms with van der Waals surface area (Å²) < 4.78 is 28.2. The summed E-state index contributed by atoms with van der Waals surface area (Å²) in [4.78, 5) is 11.2. The van der Waals surface area contributed by atoms with E-state index in [2.05, 4.69) is 36.6 Å². The fourth-order valence-electron chi connectivity index (χ4n) is 1.63. The lowest BCUT2D eigenvalue weighted by atomic mass is 10.2. The smallest absolute Gasteiger partial charge is 0.263 e. The predicted molar refractivity (Wildman–Crippen MR) is 87.6 cm³/mol. The van der Waals surface area contributed by atoms with Crippen molar-refractivity contribution in [2.45, 2.75) is 4.90 Å². The summed E-state index contributed by atoms with van der Waals surface area (Å²) in [5.74, 6) is -0.625. The van der Waals surface area contributed by atoms with E-state index in [-0.39, 0.29) is 16.1 Å². The van der Waals surface area contributed by atoms with Crippen molar-refractivity contribution < 1.29 is 13.2 Å². The van der Waals surface area contributed by atoms with Gasteiger partial charge in [0.05, 0.1) is 0 Å². The molecule has 5 nitrogen and oxygen atoms in total. The van der Waals surface area contributed by atoms with Gasteiger partial charge in [-0.3, -0.25) is 9.52 Å². The SMILES string of the molecule is NC(=O)c1cccc(NS(=O)(=O)c2cc(Br)ccc2Br)c1. The number of halogens is 2. The Morgan fingerprint density at radius 2 is 1.81 bits per heavy atom. The third-order valence-electron chi connectivity index (χ3n) is 2.58. The molecule has 0 unspecified atom stereocenters. The zero-order chi connectivity index (χ0) is 15.6. The number of hydrogen-bond acceptors (Lipinski definition) is 3. The summed E-state index contributed by atoms with van der Waals surface area (Å²) in [6.07, 6.45) is 0. The highest BCUT2D eigenvalue weighted by Gasteiger charge is 2.18. The highest BCUT2D eigenvalue weighted by molar-refractivity contribution is 9.11. The van der Waals surface area contributed by atoms with Crippen molar-refractivity contribution in [3.05, 3.63) is 57.0 Å². The van der Waals surface area contributed by atoms with Gasteiger partial charge in [-0.25, -0.2) is 8.42 Å². The Morgan fingerprint density at radius 3 is 2.48 bits per heavy atom. The van der Waals surface area contributed by atoms with E-state index in [9.17, 15) is 13.2 Å². The number of anilines is 1. The third kappa shape index (κ3) is 3.84. The van der Waals surface area contributed by atoms with Crippen molar-refractivity contribution in [2.75, 3.05) is 4.72 Å². The largest absolute Gasteiger partial charge is 0.366 e. The molecule has 0 aliphatic carbocycles. The van der Waals surface area contributed by atoms with Crippen LogP contribution in [-0.2, 0) is 10.0 Å². The molecule has 0 fully saturated rings. The lowest BCUT2D eigenvalue weighted by molar-refractivity contribution is 0.100. The van der Waals surface area contributed by atoms with Gasteiger partial charge in [0.2, 0.25) is 5.91 Å². The van der Waals surface area contributed by atoms with Crippen LogP contribution in [0.5, 0.6) is 0 Å². The highest BCUT2D eigenvalue weighted by Crippen LogP contribution is 2.27. The first kappa shape index (κ1) is 16.0. The molecule has 0 saturated carbocycles. The molecule has 0 saturated heterocycles. The molecule has 1 amide bonds. The van der Waals surface area contributed by atoms with Crippen LogP contribution in [0.2, 0.25) is 0 Å². The summed E-state index contributed by atoms with van der Waals surface area (Å²) in [6, 6.07) is 10.8. The fourth-order valence-corrected chi connectivity index (χ4v) is 4.18. The second-order valence-electron chi connectivity index (χ2n) is 4.13. The molecule has 0 heterocycles. The van der Waals surface area contributed by atoms with Gasteiger partial charge in [-0.2, -0.15) is 0 Å². The van der Waals surface area contributed by atoms with Crippen molar-refractivity contribution in [1.29, 1.82) is 0 Å². The maximum Gasteiger partial charge on any atom is 0.263 e. The molecular weight excluding hydrogens is 424 g/mol. The van der Waals surface area contributed by atoms with Gasteiger partial charge < -0.3 is 5.73 Å². The van der Waals surface area contributed by atoms with Crippen LogP contribution in [0.3, 0.4) is 0 Å². The number of nitrogens with one attached hydrogen (secondary N) is 1. The molecule has 2 aromatic carbocycles. The quantitative estimate of drug-likeness (QED) is 0.776. The van der Waals surface area contributed by atoms with E-state index < -0.39 is 15.9 Å². The van der Waals surface area contributed by atoms with Gasteiger partial charge in [0.25, 0.3) is 10.0 Å². The van der Waals surface area contributed by atoms with Gasteiger partial charge in [0, 0.05) is 20.2 Å². The lowest BCUT2D eigenvalue weighted by Gasteiger charge is -2.10. The van der Waals surface area contributed by atoms with Crippen LogP contribution in [0.15, 0.2) is 56.3 Å². The number of nitrogens with two attached hydrogens (primary N) is 1. The Morgan fingerprint density at radius 1 is 1.10 bits per heavy atom. The predicted octanol–water partition coefficient (Wildman–Crippen LogP) is 3.11. The second kappa shape index (κ2) is 6.17. The Labute approximate surface area is 138 Å². The zero-order valence-corrected chi connectivity index (χ0v) is 14.5. The van der Waals surface area contributed by atoms with Crippen LogP contribution in [0.4, 0.5) is 5.69 Å². The van der Waals surface area contributed by atoms with Crippen LogP contribution in [-0.4, -0.2) is 14.3 Å². The van der Waals surface area contributed by atoms with Crippen LogP contribution in [0.25, 0.3) is 0 Å². The number of carbonyl (C=O) groups excluding carboxylic acids is 1. The van der Waals surface area contributed by atoms with E-state index >= 15 is 0 Å². The molecule has 0 spiro atoms. The second-order valence-corrected chi connectivity index (χ2v) is 7.55. The standard InChI is InChI=1S/C13H10Br2N2O3S/c14-9-4-5-11(15)12(7-9)21(19,20)17-10-3-1-2-8(6-10)13(16)18/h1-7,17H,(H2,16,18). The van der Waals surface area contributed by atoms with E-state index in [1.165, 1.54) is 24.3 Å². The molecular formula is C13H10Br2N2O3S. The minimum atomic E-state index is -3.79. The van der Waals surface area contributed by atoms with Gasteiger partial charge in [0.15, 0.2) is 0 Å². The number of amides is 1. The fraction of sp³-hybridized carbons (Fsp3) is 0. The first-order valence-corrected chi connectivity index (χ1v) is 8.74. The molecule has 0 bridgehead atoms. The van der Waals surface area contributed by atoms with Gasteiger partial charge in [0.1, 0.15) is 4.90 Å². The van der Waals surface area contributed by atoms with Gasteiger partial charge >= 0.3 is 0 Å². The molecule has 2 rings (SSSR count). The minimum absolute atomic E-state index is 0.0846. The van der Waals surface area contributed by atoms with Gasteiger partial charge in [-0.15, -0.1) is 0 Å². The summed E-state index contributed by atoms with van der Waals surface area (Å²) in [5.41, 5.74) is 5.66. The Bertz CT molecular complexity index is 807. The number of sulfonamides is 1. The molecule has 110 valence electrons. The maximum absolute atomic E-state index is 12.4. The third-order valence-corrected chi connectivity index (χ3v) is 5.45. The zero-order valence-electron chi connectivity index (χ0n) is 10.5. The van der Waals surface area contributed by atoms with Crippen LogP contribution >= 0.6 is 31.9 Å². The molecule has 0 radical (unpaired) electrons. The summed E-state index contributed by atoms with van der Waals surface area (Å²) in [6.45, 7) is 0. The Kier molecular flexibility index (Phi) is 4.70.